The molecule has 252 valence electrons. The Hall–Kier alpha value is -4.25. The monoisotopic (exact) mass is 645 g/mol. The minimum atomic E-state index is -0.959. The highest BCUT2D eigenvalue weighted by Gasteiger charge is 2.30. The van der Waals surface area contributed by atoms with Crippen LogP contribution in [-0.2, 0) is 11.3 Å². The van der Waals surface area contributed by atoms with Gasteiger partial charge in [0, 0.05) is 43.4 Å². The maximum absolute atomic E-state index is 14.3. The van der Waals surface area contributed by atoms with Crippen LogP contribution in [0.4, 0.5) is 5.69 Å². The molecule has 2 amide bonds. The van der Waals surface area contributed by atoms with Gasteiger partial charge in [0.2, 0.25) is 0 Å². The SMILES string of the molecule is C[C@@H]1CN([C@H](C)CO)C(=O)c2cc(NC(=O)c3ccccc3)ccc2O[C@@H](C)CCCCO[C@H]1CN(C)Cc1ccc(C(=O)O)cc1. The van der Waals surface area contributed by atoms with Crippen molar-refractivity contribution in [2.75, 3.05) is 38.7 Å². The van der Waals surface area contributed by atoms with Crippen molar-refractivity contribution in [2.45, 2.75) is 64.8 Å². The zero-order valence-corrected chi connectivity index (χ0v) is 27.7. The van der Waals surface area contributed by atoms with Crippen LogP contribution in [0, 0.1) is 5.92 Å². The summed E-state index contributed by atoms with van der Waals surface area (Å²) >= 11 is 0. The van der Waals surface area contributed by atoms with Crippen molar-refractivity contribution in [2.24, 2.45) is 5.92 Å². The summed E-state index contributed by atoms with van der Waals surface area (Å²) in [7, 11) is 1.99. The Morgan fingerprint density at radius 1 is 1.02 bits per heavy atom. The van der Waals surface area contributed by atoms with Crippen molar-refractivity contribution in [3.05, 3.63) is 95.1 Å². The van der Waals surface area contributed by atoms with Crippen LogP contribution < -0.4 is 10.1 Å². The molecule has 0 aliphatic carbocycles. The molecule has 3 aromatic rings. The first-order valence-corrected chi connectivity index (χ1v) is 16.3. The molecule has 10 heteroatoms. The Morgan fingerprint density at radius 2 is 1.74 bits per heavy atom. The number of nitrogens with one attached hydrogen (secondary N) is 1. The topological polar surface area (TPSA) is 129 Å². The molecule has 47 heavy (non-hydrogen) atoms. The van der Waals surface area contributed by atoms with E-state index in [4.69, 9.17) is 9.47 Å². The zero-order valence-electron chi connectivity index (χ0n) is 27.7. The number of carbonyl (C=O) groups excluding carboxylic acids is 2. The fourth-order valence-electron chi connectivity index (χ4n) is 5.69. The summed E-state index contributed by atoms with van der Waals surface area (Å²) in [5, 5.41) is 22.4. The summed E-state index contributed by atoms with van der Waals surface area (Å²) in [4.78, 5) is 42.3. The van der Waals surface area contributed by atoms with Crippen LogP contribution >= 0.6 is 0 Å². The standard InChI is InChI=1S/C37H47N3O7/c1-25-21-40(26(2)24-41)36(43)32-20-31(38-35(42)29-11-6-5-7-12-29)17-18-33(32)47-27(3)10-8-9-19-46-34(25)23-39(4)22-28-13-15-30(16-14-28)37(44)45/h5-7,11-18,20,25-27,34,41H,8-10,19,21-24H2,1-4H3,(H,38,42)(H,44,45)/t25-,26-,27+,34+/m1/s1. The predicted octanol–water partition coefficient (Wildman–Crippen LogP) is 5.56. The average molecular weight is 646 g/mol. The Bertz CT molecular complexity index is 1480. The minimum absolute atomic E-state index is 0.100. The number of carbonyl (C=O) groups is 3. The number of aromatic carboxylic acids is 1. The molecule has 1 heterocycles. The van der Waals surface area contributed by atoms with Crippen LogP contribution in [0.25, 0.3) is 0 Å². The molecule has 0 unspecified atom stereocenters. The molecule has 0 saturated carbocycles. The highest BCUT2D eigenvalue weighted by Crippen LogP contribution is 2.29. The molecular formula is C37H47N3O7. The number of hydrogen-bond donors (Lipinski definition) is 3. The van der Waals surface area contributed by atoms with Gasteiger partial charge in [-0.05, 0) is 88.2 Å². The fourth-order valence-corrected chi connectivity index (χ4v) is 5.69. The lowest BCUT2D eigenvalue weighted by Gasteiger charge is -2.36. The van der Waals surface area contributed by atoms with Crippen LogP contribution in [-0.4, -0.2) is 89.4 Å². The third kappa shape index (κ3) is 10.1. The van der Waals surface area contributed by atoms with E-state index in [1.807, 2.05) is 39.1 Å². The lowest BCUT2D eigenvalue weighted by Crippen LogP contribution is -2.47. The quantitative estimate of drug-likeness (QED) is 0.276. The summed E-state index contributed by atoms with van der Waals surface area (Å²) in [6, 6.07) is 20.3. The second kappa shape index (κ2) is 17.1. The van der Waals surface area contributed by atoms with E-state index in [0.717, 1.165) is 24.8 Å². The molecular weight excluding hydrogens is 598 g/mol. The molecule has 1 aliphatic rings. The largest absolute Gasteiger partial charge is 0.490 e. The van der Waals surface area contributed by atoms with E-state index in [-0.39, 0.29) is 42.1 Å². The van der Waals surface area contributed by atoms with Crippen molar-refractivity contribution < 1.29 is 34.1 Å². The fraction of sp³-hybridized carbons (Fsp3) is 0.432. The number of likely N-dealkylation sites (N-methyl/N-ethyl adjacent to an activating group) is 1. The predicted molar refractivity (Wildman–Crippen MR) is 181 cm³/mol. The van der Waals surface area contributed by atoms with Gasteiger partial charge in [-0.3, -0.25) is 14.5 Å². The summed E-state index contributed by atoms with van der Waals surface area (Å²) in [6.07, 6.45) is 2.13. The van der Waals surface area contributed by atoms with Gasteiger partial charge in [-0.25, -0.2) is 4.79 Å². The third-order valence-corrected chi connectivity index (χ3v) is 8.49. The maximum Gasteiger partial charge on any atom is 0.335 e. The minimum Gasteiger partial charge on any atom is -0.490 e. The smallest absolute Gasteiger partial charge is 0.335 e. The van der Waals surface area contributed by atoms with Gasteiger partial charge in [-0.2, -0.15) is 0 Å². The summed E-state index contributed by atoms with van der Waals surface area (Å²) in [5.41, 5.74) is 2.51. The number of benzene rings is 3. The number of carboxylic acids is 1. The number of aliphatic hydroxyl groups is 1. The number of anilines is 1. The van der Waals surface area contributed by atoms with E-state index in [2.05, 4.69) is 10.2 Å². The Kier molecular flexibility index (Phi) is 12.9. The van der Waals surface area contributed by atoms with E-state index in [9.17, 15) is 24.6 Å². The van der Waals surface area contributed by atoms with Crippen molar-refractivity contribution in [1.82, 2.24) is 9.80 Å². The Labute approximate surface area is 277 Å². The zero-order chi connectivity index (χ0) is 33.9. The van der Waals surface area contributed by atoms with Crippen LogP contribution in [0.15, 0.2) is 72.8 Å². The van der Waals surface area contributed by atoms with Crippen molar-refractivity contribution in [1.29, 1.82) is 0 Å². The Balaban J connectivity index is 1.59. The summed E-state index contributed by atoms with van der Waals surface area (Å²) in [6.45, 7) is 7.67. The van der Waals surface area contributed by atoms with Crippen molar-refractivity contribution >= 4 is 23.5 Å². The van der Waals surface area contributed by atoms with Crippen LogP contribution in [0.3, 0.4) is 0 Å². The van der Waals surface area contributed by atoms with E-state index in [0.29, 0.717) is 48.8 Å². The number of rotatable bonds is 9. The van der Waals surface area contributed by atoms with E-state index >= 15 is 0 Å². The number of ether oxygens (including phenoxy) is 2. The molecule has 0 saturated heterocycles. The molecule has 3 N–H and O–H groups in total. The molecule has 0 radical (unpaired) electrons. The molecule has 0 fully saturated rings. The Morgan fingerprint density at radius 3 is 2.43 bits per heavy atom. The first-order chi connectivity index (χ1) is 22.5. The maximum atomic E-state index is 14.3. The number of carboxylic acid groups (broad SMARTS) is 1. The van der Waals surface area contributed by atoms with Gasteiger partial charge in [-0.15, -0.1) is 0 Å². The van der Waals surface area contributed by atoms with Gasteiger partial charge in [-0.1, -0.05) is 37.3 Å². The normalized spacial score (nSPS) is 20.1. The first-order valence-electron chi connectivity index (χ1n) is 16.3. The molecule has 4 rings (SSSR count). The molecule has 4 atom stereocenters. The van der Waals surface area contributed by atoms with Gasteiger partial charge >= 0.3 is 5.97 Å². The number of nitrogens with zero attached hydrogens (tertiary/aromatic N) is 2. The van der Waals surface area contributed by atoms with Gasteiger partial charge < -0.3 is 29.9 Å². The van der Waals surface area contributed by atoms with E-state index in [1.54, 1.807) is 66.4 Å². The van der Waals surface area contributed by atoms with Crippen molar-refractivity contribution in [3.63, 3.8) is 0 Å². The lowest BCUT2D eigenvalue weighted by molar-refractivity contribution is -0.0177. The van der Waals surface area contributed by atoms with Gasteiger partial charge in [0.25, 0.3) is 11.8 Å². The van der Waals surface area contributed by atoms with Gasteiger partial charge in [0.15, 0.2) is 0 Å². The molecule has 0 aromatic heterocycles. The second-order valence-electron chi connectivity index (χ2n) is 12.5. The van der Waals surface area contributed by atoms with Crippen LogP contribution in [0.5, 0.6) is 5.75 Å². The van der Waals surface area contributed by atoms with Crippen molar-refractivity contribution in [3.8, 4) is 5.75 Å². The molecule has 0 spiro atoms. The number of aliphatic hydroxyl groups excluding tert-OH is 1. The highest BCUT2D eigenvalue weighted by atomic mass is 16.5. The average Bonchev–Trinajstić information content (AvgIpc) is 3.06. The number of hydrogen-bond acceptors (Lipinski definition) is 7. The summed E-state index contributed by atoms with van der Waals surface area (Å²) in [5.74, 6) is -1.22. The van der Waals surface area contributed by atoms with E-state index in [1.165, 1.54) is 0 Å². The molecule has 1 aliphatic heterocycles. The van der Waals surface area contributed by atoms with Crippen LogP contribution in [0.2, 0.25) is 0 Å². The summed E-state index contributed by atoms with van der Waals surface area (Å²) < 4.78 is 12.7. The molecule has 10 nitrogen and oxygen atoms in total. The van der Waals surface area contributed by atoms with Crippen LogP contribution in [0.1, 0.15) is 76.7 Å². The molecule has 0 bridgehead atoms. The highest BCUT2D eigenvalue weighted by molar-refractivity contribution is 6.05. The van der Waals surface area contributed by atoms with Gasteiger partial charge in [0.05, 0.1) is 36.0 Å². The third-order valence-electron chi connectivity index (χ3n) is 8.49. The number of fused-ring (bicyclic) bond motifs is 1. The lowest BCUT2D eigenvalue weighted by atomic mass is 10.0. The van der Waals surface area contributed by atoms with E-state index < -0.39 is 12.0 Å². The number of amides is 2. The second-order valence-corrected chi connectivity index (χ2v) is 12.5. The molecule has 3 aromatic carbocycles. The van der Waals surface area contributed by atoms with Gasteiger partial charge in [0.1, 0.15) is 5.75 Å². The first kappa shape index (κ1) is 35.6.